The van der Waals surface area contributed by atoms with Crippen LogP contribution >= 0.6 is 0 Å². The standard InChI is InChI=1S/C12H19N3OSi.C6H5N3O/c1-12(2,3)17(4,5)16-10-8-6-7-9-11(10)14-15-13-9;10-5-3-1-2-4-6(5)8-9-7-4/h6-8H,1-5H3,(H,13,14,15);1-3,10H,(H,7,8,9). The molecular formula is C18H24N6O2Si. The van der Waals surface area contributed by atoms with Crippen LogP contribution in [0.3, 0.4) is 0 Å². The summed E-state index contributed by atoms with van der Waals surface area (Å²) in [5, 5.41) is 30.1. The van der Waals surface area contributed by atoms with Gasteiger partial charge in [-0.1, -0.05) is 32.9 Å². The van der Waals surface area contributed by atoms with Gasteiger partial charge < -0.3 is 9.53 Å². The number of aromatic hydroxyl groups is 1. The van der Waals surface area contributed by atoms with E-state index in [4.69, 9.17) is 9.53 Å². The van der Waals surface area contributed by atoms with Crippen LogP contribution in [0.15, 0.2) is 36.4 Å². The van der Waals surface area contributed by atoms with E-state index < -0.39 is 8.32 Å². The minimum absolute atomic E-state index is 0.159. The number of phenolic OH excluding ortho intramolecular Hbond substituents is 1. The second-order valence-corrected chi connectivity index (χ2v) is 12.5. The third kappa shape index (κ3) is 3.92. The number of nitrogens with zero attached hydrogens (tertiary/aromatic N) is 4. The molecule has 142 valence electrons. The second kappa shape index (κ2) is 6.99. The van der Waals surface area contributed by atoms with Crippen LogP contribution in [0, 0.1) is 0 Å². The van der Waals surface area contributed by atoms with Crippen molar-refractivity contribution in [2.24, 2.45) is 0 Å². The molecule has 2 aromatic carbocycles. The quantitative estimate of drug-likeness (QED) is 0.450. The topological polar surface area (TPSA) is 113 Å². The second-order valence-electron chi connectivity index (χ2n) is 7.78. The summed E-state index contributed by atoms with van der Waals surface area (Å²) in [6.45, 7) is 11.1. The molecule has 0 unspecified atom stereocenters. The molecule has 0 aliphatic carbocycles. The molecule has 0 spiro atoms. The van der Waals surface area contributed by atoms with E-state index >= 15 is 0 Å². The highest BCUT2D eigenvalue weighted by molar-refractivity contribution is 6.74. The summed E-state index contributed by atoms with van der Waals surface area (Å²) in [6, 6.07) is 10.9. The van der Waals surface area contributed by atoms with Gasteiger partial charge in [-0.05, 0) is 42.4 Å². The van der Waals surface area contributed by atoms with Crippen molar-refractivity contribution < 1.29 is 9.53 Å². The van der Waals surface area contributed by atoms with Gasteiger partial charge >= 0.3 is 0 Å². The molecule has 4 rings (SSSR count). The summed E-state index contributed by atoms with van der Waals surface area (Å²) in [6.07, 6.45) is 0. The van der Waals surface area contributed by atoms with E-state index in [1.54, 1.807) is 18.2 Å². The van der Waals surface area contributed by atoms with Gasteiger partial charge in [0, 0.05) is 0 Å². The lowest BCUT2D eigenvalue weighted by Gasteiger charge is -2.36. The molecule has 0 aliphatic heterocycles. The largest absolute Gasteiger partial charge is 0.542 e. The maximum Gasteiger partial charge on any atom is 0.250 e. The van der Waals surface area contributed by atoms with Crippen LogP contribution in [-0.2, 0) is 0 Å². The van der Waals surface area contributed by atoms with Crippen LogP contribution in [0.2, 0.25) is 18.1 Å². The fourth-order valence-corrected chi connectivity index (χ4v) is 3.23. The number of fused-ring (bicyclic) bond motifs is 2. The van der Waals surface area contributed by atoms with Crippen LogP contribution in [0.1, 0.15) is 20.8 Å². The number of hydrogen-bond donors (Lipinski definition) is 3. The molecule has 8 nitrogen and oxygen atoms in total. The molecule has 0 atom stereocenters. The lowest BCUT2D eigenvalue weighted by molar-refractivity contribution is 0.480. The van der Waals surface area contributed by atoms with Gasteiger partial charge in [-0.25, -0.2) is 0 Å². The number of hydrogen-bond acceptors (Lipinski definition) is 6. The Kier molecular flexibility index (Phi) is 4.88. The van der Waals surface area contributed by atoms with E-state index in [-0.39, 0.29) is 10.8 Å². The van der Waals surface area contributed by atoms with E-state index in [9.17, 15) is 0 Å². The Hall–Kier alpha value is -2.94. The predicted octanol–water partition coefficient (Wildman–Crippen LogP) is 4.01. The third-order valence-corrected chi connectivity index (χ3v) is 9.15. The zero-order valence-electron chi connectivity index (χ0n) is 16.1. The first-order chi connectivity index (χ1) is 12.7. The Morgan fingerprint density at radius 1 is 0.852 bits per heavy atom. The number of aromatic nitrogens is 6. The van der Waals surface area contributed by atoms with Gasteiger partial charge in [-0.3, -0.25) is 0 Å². The summed E-state index contributed by atoms with van der Waals surface area (Å²) < 4.78 is 6.25. The van der Waals surface area contributed by atoms with Crippen molar-refractivity contribution >= 4 is 30.4 Å². The minimum atomic E-state index is -1.82. The fraction of sp³-hybridized carbons (Fsp3) is 0.333. The monoisotopic (exact) mass is 384 g/mol. The van der Waals surface area contributed by atoms with Crippen LogP contribution in [0.4, 0.5) is 0 Å². The first-order valence-corrected chi connectivity index (χ1v) is 11.6. The fourth-order valence-electron chi connectivity index (χ4n) is 2.21. The smallest absolute Gasteiger partial charge is 0.250 e. The van der Waals surface area contributed by atoms with Crippen LogP contribution in [0.25, 0.3) is 22.1 Å². The van der Waals surface area contributed by atoms with Crippen molar-refractivity contribution in [1.29, 1.82) is 0 Å². The predicted molar refractivity (Wildman–Crippen MR) is 107 cm³/mol. The molecule has 4 aromatic rings. The Morgan fingerprint density at radius 2 is 1.41 bits per heavy atom. The van der Waals surface area contributed by atoms with Gasteiger partial charge in [0.15, 0.2) is 11.0 Å². The Morgan fingerprint density at radius 3 is 2.00 bits per heavy atom. The molecule has 9 heteroatoms. The Balaban J connectivity index is 0.000000177. The number of aromatic amines is 2. The molecule has 2 heterocycles. The van der Waals surface area contributed by atoms with E-state index in [1.165, 1.54) is 0 Å². The molecular weight excluding hydrogens is 360 g/mol. The zero-order valence-corrected chi connectivity index (χ0v) is 17.1. The third-order valence-electron chi connectivity index (χ3n) is 4.81. The number of rotatable bonds is 2. The van der Waals surface area contributed by atoms with Crippen molar-refractivity contribution in [3.05, 3.63) is 36.4 Å². The van der Waals surface area contributed by atoms with E-state index in [1.807, 2.05) is 18.2 Å². The summed E-state index contributed by atoms with van der Waals surface area (Å²) in [5.74, 6) is 0.995. The van der Waals surface area contributed by atoms with Gasteiger partial charge in [0.25, 0.3) is 8.32 Å². The highest BCUT2D eigenvalue weighted by atomic mass is 28.4. The normalized spacial score (nSPS) is 12.0. The van der Waals surface area contributed by atoms with E-state index in [2.05, 4.69) is 64.7 Å². The van der Waals surface area contributed by atoms with Crippen molar-refractivity contribution in [1.82, 2.24) is 30.8 Å². The zero-order chi connectivity index (χ0) is 19.7. The summed E-state index contributed by atoms with van der Waals surface area (Å²) in [4.78, 5) is 0. The minimum Gasteiger partial charge on any atom is -0.542 e. The Bertz CT molecular complexity index is 1050. The average molecular weight is 385 g/mol. The van der Waals surface area contributed by atoms with Crippen LogP contribution < -0.4 is 4.43 Å². The molecule has 0 aliphatic rings. The van der Waals surface area contributed by atoms with Gasteiger partial charge in [0.05, 0.1) is 0 Å². The number of nitrogens with one attached hydrogen (secondary N) is 2. The van der Waals surface area contributed by atoms with Crippen molar-refractivity contribution in [2.75, 3.05) is 0 Å². The summed E-state index contributed by atoms with van der Waals surface area (Å²) >= 11 is 0. The van der Waals surface area contributed by atoms with Gasteiger partial charge in [0.1, 0.15) is 22.5 Å². The highest BCUT2D eigenvalue weighted by Gasteiger charge is 2.39. The molecule has 27 heavy (non-hydrogen) atoms. The van der Waals surface area contributed by atoms with Crippen molar-refractivity contribution in [3.8, 4) is 11.5 Å². The lowest BCUT2D eigenvalue weighted by atomic mass is 10.2. The summed E-state index contributed by atoms with van der Waals surface area (Å²) in [7, 11) is -1.82. The molecule has 2 aromatic heterocycles. The molecule has 0 saturated heterocycles. The molecule has 0 radical (unpaired) electrons. The maximum atomic E-state index is 9.14. The average Bonchev–Trinajstić information content (AvgIpc) is 3.24. The molecule has 0 amide bonds. The van der Waals surface area contributed by atoms with E-state index in [0.717, 1.165) is 16.8 Å². The first kappa shape index (κ1) is 18.8. The van der Waals surface area contributed by atoms with Crippen LogP contribution in [0.5, 0.6) is 11.5 Å². The molecule has 0 bridgehead atoms. The number of para-hydroxylation sites is 2. The molecule has 0 fully saturated rings. The highest BCUT2D eigenvalue weighted by Crippen LogP contribution is 2.38. The maximum absolute atomic E-state index is 9.14. The number of phenols is 1. The molecule has 0 saturated carbocycles. The van der Waals surface area contributed by atoms with Crippen molar-refractivity contribution in [2.45, 2.75) is 38.9 Å². The number of benzene rings is 2. The van der Waals surface area contributed by atoms with Gasteiger partial charge in [-0.2, -0.15) is 30.8 Å². The van der Waals surface area contributed by atoms with Gasteiger partial charge in [-0.15, -0.1) is 0 Å². The van der Waals surface area contributed by atoms with Crippen LogP contribution in [-0.4, -0.2) is 44.2 Å². The Labute approximate surface area is 158 Å². The van der Waals surface area contributed by atoms with Gasteiger partial charge in [0.2, 0.25) is 0 Å². The van der Waals surface area contributed by atoms with Crippen molar-refractivity contribution in [3.63, 3.8) is 0 Å². The SMILES string of the molecule is CC(C)(C)[Si](C)(C)Oc1cccc2n[nH]nc12.Oc1cccc2n[nH]nc12. The first-order valence-electron chi connectivity index (χ1n) is 8.66. The lowest BCUT2D eigenvalue weighted by Crippen LogP contribution is -2.43. The van der Waals surface area contributed by atoms with E-state index in [0.29, 0.717) is 11.0 Å². The number of H-pyrrole nitrogens is 2. The molecule has 3 N–H and O–H groups in total. The summed E-state index contributed by atoms with van der Waals surface area (Å²) in [5.41, 5.74) is 2.86.